The van der Waals surface area contributed by atoms with Crippen molar-refractivity contribution in [2.24, 2.45) is 5.73 Å². The van der Waals surface area contributed by atoms with Crippen LogP contribution in [0.5, 0.6) is 0 Å². The quantitative estimate of drug-likeness (QED) is 0.707. The van der Waals surface area contributed by atoms with E-state index in [1.54, 1.807) is 12.1 Å². The largest absolute Gasteiger partial charge is 0.326 e. The molecule has 0 heterocycles. The van der Waals surface area contributed by atoms with Gasteiger partial charge < -0.3 is 5.73 Å². The van der Waals surface area contributed by atoms with Crippen molar-refractivity contribution in [3.8, 4) is 0 Å². The molecule has 0 unspecified atom stereocenters. The highest BCUT2D eigenvalue weighted by molar-refractivity contribution is 5.86. The lowest BCUT2D eigenvalue weighted by Crippen LogP contribution is -1.97. The number of hydrogen-bond acceptors (Lipinski definition) is 1. The van der Waals surface area contributed by atoms with Gasteiger partial charge in [0.2, 0.25) is 0 Å². The van der Waals surface area contributed by atoms with Gasteiger partial charge in [0.15, 0.2) is 0 Å². The Morgan fingerprint density at radius 3 is 2.38 bits per heavy atom. The van der Waals surface area contributed by atoms with Gasteiger partial charge in [0, 0.05) is 11.9 Å². The van der Waals surface area contributed by atoms with Crippen molar-refractivity contribution in [1.82, 2.24) is 0 Å². The van der Waals surface area contributed by atoms with Crippen LogP contribution < -0.4 is 5.73 Å². The van der Waals surface area contributed by atoms with E-state index in [0.717, 1.165) is 10.9 Å². The Balaban J connectivity index is 2.84. The Labute approximate surface area is 76.0 Å². The molecule has 0 saturated carbocycles. The van der Waals surface area contributed by atoms with Gasteiger partial charge in [0.05, 0.1) is 0 Å². The van der Waals surface area contributed by atoms with Crippen molar-refractivity contribution in [1.29, 1.82) is 0 Å². The van der Waals surface area contributed by atoms with E-state index in [-0.39, 0.29) is 5.82 Å². The first-order valence-corrected chi connectivity index (χ1v) is 4.19. The minimum atomic E-state index is -0.187. The molecule has 2 rings (SSSR count). The van der Waals surface area contributed by atoms with Crippen molar-refractivity contribution in [3.63, 3.8) is 0 Å². The van der Waals surface area contributed by atoms with Gasteiger partial charge >= 0.3 is 0 Å². The van der Waals surface area contributed by atoms with E-state index in [9.17, 15) is 4.39 Å². The second-order valence-corrected chi connectivity index (χ2v) is 2.96. The normalized spacial score (nSPS) is 10.6. The van der Waals surface area contributed by atoms with Crippen molar-refractivity contribution in [2.75, 3.05) is 0 Å². The fraction of sp³-hybridized carbons (Fsp3) is 0.0909. The molecule has 2 aromatic carbocycles. The summed E-state index contributed by atoms with van der Waals surface area (Å²) in [5.41, 5.74) is 6.53. The first kappa shape index (κ1) is 8.20. The number of hydrogen-bond donors (Lipinski definition) is 1. The smallest absolute Gasteiger partial charge is 0.131 e. The predicted molar refractivity (Wildman–Crippen MR) is 51.8 cm³/mol. The third kappa shape index (κ3) is 1.29. The van der Waals surface area contributed by atoms with Gasteiger partial charge in [0.1, 0.15) is 5.82 Å². The Hall–Kier alpha value is -1.41. The molecule has 0 aliphatic heterocycles. The molecule has 2 heteroatoms. The molecule has 0 saturated heterocycles. The number of fused-ring (bicyclic) bond motifs is 1. The van der Waals surface area contributed by atoms with Crippen molar-refractivity contribution in [3.05, 3.63) is 47.8 Å². The number of nitrogens with two attached hydrogens (primary N) is 1. The SMILES string of the molecule is NCc1ccc(F)c2ccccc12. The molecule has 2 aromatic rings. The first-order chi connectivity index (χ1) is 6.33. The fourth-order valence-corrected chi connectivity index (χ4v) is 1.50. The Morgan fingerprint density at radius 2 is 1.69 bits per heavy atom. The van der Waals surface area contributed by atoms with Crippen LogP contribution in [0.25, 0.3) is 10.8 Å². The lowest BCUT2D eigenvalue weighted by molar-refractivity contribution is 0.639. The summed E-state index contributed by atoms with van der Waals surface area (Å²) in [4.78, 5) is 0. The summed E-state index contributed by atoms with van der Waals surface area (Å²) < 4.78 is 13.3. The summed E-state index contributed by atoms with van der Waals surface area (Å²) in [5, 5.41) is 1.55. The van der Waals surface area contributed by atoms with Crippen LogP contribution in [0.15, 0.2) is 36.4 Å². The van der Waals surface area contributed by atoms with Gasteiger partial charge in [-0.15, -0.1) is 0 Å². The fourth-order valence-electron chi connectivity index (χ4n) is 1.50. The predicted octanol–water partition coefficient (Wildman–Crippen LogP) is 2.44. The van der Waals surface area contributed by atoms with Gasteiger partial charge in [0.25, 0.3) is 0 Å². The van der Waals surface area contributed by atoms with Gasteiger partial charge in [-0.3, -0.25) is 0 Å². The van der Waals surface area contributed by atoms with E-state index < -0.39 is 0 Å². The van der Waals surface area contributed by atoms with Gasteiger partial charge in [-0.2, -0.15) is 0 Å². The molecule has 0 amide bonds. The molecule has 1 nitrogen and oxygen atoms in total. The van der Waals surface area contributed by atoms with Crippen molar-refractivity contribution in [2.45, 2.75) is 6.54 Å². The highest BCUT2D eigenvalue weighted by Crippen LogP contribution is 2.20. The zero-order valence-corrected chi connectivity index (χ0v) is 7.13. The molecule has 0 atom stereocenters. The maximum absolute atomic E-state index is 13.3. The molecule has 0 aromatic heterocycles. The van der Waals surface area contributed by atoms with E-state index in [2.05, 4.69) is 0 Å². The Morgan fingerprint density at radius 1 is 1.00 bits per heavy atom. The lowest BCUT2D eigenvalue weighted by Gasteiger charge is -2.04. The zero-order chi connectivity index (χ0) is 9.26. The van der Waals surface area contributed by atoms with E-state index in [1.165, 1.54) is 6.07 Å². The standard InChI is InChI=1S/C11H10FN/c12-11-6-5-8(7-13)9-3-1-2-4-10(9)11/h1-6H,7,13H2. The molecule has 13 heavy (non-hydrogen) atoms. The molecule has 66 valence electrons. The van der Waals surface area contributed by atoms with E-state index in [1.807, 2.05) is 18.2 Å². The molecule has 0 bridgehead atoms. The highest BCUT2D eigenvalue weighted by Gasteiger charge is 2.02. The summed E-state index contributed by atoms with van der Waals surface area (Å²) in [6.45, 7) is 0.445. The molecule has 0 radical (unpaired) electrons. The summed E-state index contributed by atoms with van der Waals surface area (Å²) in [6.07, 6.45) is 0. The van der Waals surface area contributed by atoms with E-state index in [0.29, 0.717) is 11.9 Å². The Kier molecular flexibility index (Phi) is 1.99. The minimum Gasteiger partial charge on any atom is -0.326 e. The van der Waals surface area contributed by atoms with Crippen LogP contribution >= 0.6 is 0 Å². The second-order valence-electron chi connectivity index (χ2n) is 2.96. The van der Waals surface area contributed by atoms with Crippen LogP contribution in [0.3, 0.4) is 0 Å². The molecular weight excluding hydrogens is 165 g/mol. The van der Waals surface area contributed by atoms with Gasteiger partial charge in [-0.1, -0.05) is 30.3 Å². The van der Waals surface area contributed by atoms with Crippen LogP contribution in [0, 0.1) is 5.82 Å². The average Bonchev–Trinajstić information content (AvgIpc) is 2.19. The number of rotatable bonds is 1. The Bertz CT molecular complexity index is 437. The number of benzene rings is 2. The summed E-state index contributed by atoms with van der Waals surface area (Å²) in [5.74, 6) is -0.187. The molecule has 0 spiro atoms. The van der Waals surface area contributed by atoms with Gasteiger partial charge in [-0.25, -0.2) is 4.39 Å². The third-order valence-electron chi connectivity index (χ3n) is 2.18. The summed E-state index contributed by atoms with van der Waals surface area (Å²) in [6, 6.07) is 10.6. The zero-order valence-electron chi connectivity index (χ0n) is 7.13. The summed E-state index contributed by atoms with van der Waals surface area (Å²) >= 11 is 0. The van der Waals surface area contributed by atoms with Crippen molar-refractivity contribution < 1.29 is 4.39 Å². The van der Waals surface area contributed by atoms with Crippen LogP contribution in [-0.2, 0) is 6.54 Å². The van der Waals surface area contributed by atoms with Crippen LogP contribution in [-0.4, -0.2) is 0 Å². The van der Waals surface area contributed by atoms with Crippen LogP contribution in [0.4, 0.5) is 4.39 Å². The molecular formula is C11H10FN. The maximum atomic E-state index is 13.3. The maximum Gasteiger partial charge on any atom is 0.131 e. The molecule has 0 fully saturated rings. The monoisotopic (exact) mass is 175 g/mol. The molecule has 0 aliphatic rings. The average molecular weight is 175 g/mol. The lowest BCUT2D eigenvalue weighted by atomic mass is 10.0. The van der Waals surface area contributed by atoms with Crippen LogP contribution in [0.1, 0.15) is 5.56 Å². The second kappa shape index (κ2) is 3.15. The number of halogens is 1. The summed E-state index contributed by atoms with van der Waals surface area (Å²) in [7, 11) is 0. The van der Waals surface area contributed by atoms with E-state index in [4.69, 9.17) is 5.73 Å². The van der Waals surface area contributed by atoms with Crippen LogP contribution in [0.2, 0.25) is 0 Å². The topological polar surface area (TPSA) is 26.0 Å². The first-order valence-electron chi connectivity index (χ1n) is 4.19. The highest BCUT2D eigenvalue weighted by atomic mass is 19.1. The molecule has 2 N–H and O–H groups in total. The van der Waals surface area contributed by atoms with Crippen molar-refractivity contribution >= 4 is 10.8 Å². The van der Waals surface area contributed by atoms with E-state index >= 15 is 0 Å². The third-order valence-corrected chi connectivity index (χ3v) is 2.18. The minimum absolute atomic E-state index is 0.187. The van der Waals surface area contributed by atoms with Gasteiger partial charge in [-0.05, 0) is 17.0 Å². The molecule has 0 aliphatic carbocycles.